The normalized spacial score (nSPS) is 13.4. The van der Waals surface area contributed by atoms with Gasteiger partial charge in [-0.25, -0.2) is 15.8 Å². The zero-order chi connectivity index (χ0) is 13.8. The lowest BCUT2D eigenvalue weighted by molar-refractivity contribution is 0.297. The molecule has 0 radical (unpaired) electrons. The molecule has 2 aromatic rings. The van der Waals surface area contributed by atoms with Crippen molar-refractivity contribution < 1.29 is 9.47 Å². The van der Waals surface area contributed by atoms with Crippen LogP contribution >= 0.6 is 0 Å². The second-order valence-corrected chi connectivity index (χ2v) is 4.27. The van der Waals surface area contributed by atoms with E-state index in [2.05, 4.69) is 20.7 Å². The maximum Gasteiger partial charge on any atom is 0.163 e. The molecule has 0 saturated heterocycles. The van der Waals surface area contributed by atoms with Crippen LogP contribution in [-0.2, 0) is 0 Å². The SMILES string of the molecule is NNc1cc(Nc2ccc3c(c2)OCCCO3)ncn1. The standard InChI is InChI=1S/C13H15N5O2/c14-18-13-7-12(15-8-16-13)17-9-2-3-10-11(6-9)20-5-1-4-19-10/h2-3,6-8H,1,4-5,14H2,(H2,15,16,17,18). The Bertz CT molecular complexity index is 605. The summed E-state index contributed by atoms with van der Waals surface area (Å²) in [5.74, 6) is 7.99. The number of aromatic nitrogens is 2. The molecule has 2 heterocycles. The molecule has 7 nitrogen and oxygen atoms in total. The van der Waals surface area contributed by atoms with Crippen molar-refractivity contribution >= 4 is 17.3 Å². The van der Waals surface area contributed by atoms with Gasteiger partial charge >= 0.3 is 0 Å². The molecule has 1 aromatic carbocycles. The molecule has 0 atom stereocenters. The van der Waals surface area contributed by atoms with Crippen LogP contribution in [0.1, 0.15) is 6.42 Å². The number of rotatable bonds is 3. The monoisotopic (exact) mass is 273 g/mol. The highest BCUT2D eigenvalue weighted by atomic mass is 16.5. The van der Waals surface area contributed by atoms with E-state index in [4.69, 9.17) is 15.3 Å². The van der Waals surface area contributed by atoms with Crippen molar-refractivity contribution in [3.8, 4) is 11.5 Å². The molecular formula is C13H15N5O2. The third-order valence-electron chi connectivity index (χ3n) is 2.83. The minimum atomic E-state index is 0.539. The third-order valence-corrected chi connectivity index (χ3v) is 2.83. The molecule has 104 valence electrons. The number of nitrogens with zero attached hydrogens (tertiary/aromatic N) is 2. The number of hydrogen-bond acceptors (Lipinski definition) is 7. The van der Waals surface area contributed by atoms with Crippen molar-refractivity contribution in [2.75, 3.05) is 24.0 Å². The predicted octanol–water partition coefficient (Wildman–Crippen LogP) is 1.67. The number of hydrogen-bond donors (Lipinski definition) is 3. The van der Waals surface area contributed by atoms with E-state index in [0.29, 0.717) is 24.8 Å². The lowest BCUT2D eigenvalue weighted by Gasteiger charge is -2.11. The number of nitrogens with one attached hydrogen (secondary N) is 2. The van der Waals surface area contributed by atoms with Crippen LogP contribution < -0.4 is 26.1 Å². The number of benzene rings is 1. The van der Waals surface area contributed by atoms with Crippen molar-refractivity contribution in [1.82, 2.24) is 9.97 Å². The van der Waals surface area contributed by atoms with Crippen molar-refractivity contribution in [2.24, 2.45) is 5.84 Å². The van der Waals surface area contributed by atoms with Gasteiger partial charge in [0.1, 0.15) is 18.0 Å². The van der Waals surface area contributed by atoms with Gasteiger partial charge in [-0.05, 0) is 12.1 Å². The van der Waals surface area contributed by atoms with Gasteiger partial charge in [0.05, 0.1) is 13.2 Å². The second-order valence-electron chi connectivity index (χ2n) is 4.27. The van der Waals surface area contributed by atoms with E-state index in [1.807, 2.05) is 18.2 Å². The molecule has 7 heteroatoms. The van der Waals surface area contributed by atoms with E-state index >= 15 is 0 Å². The fraction of sp³-hybridized carbons (Fsp3) is 0.231. The fourth-order valence-electron chi connectivity index (χ4n) is 1.89. The maximum atomic E-state index is 5.64. The van der Waals surface area contributed by atoms with Crippen LogP contribution in [0.15, 0.2) is 30.6 Å². The van der Waals surface area contributed by atoms with E-state index in [1.54, 1.807) is 6.07 Å². The van der Waals surface area contributed by atoms with Gasteiger partial charge in [-0.15, -0.1) is 0 Å². The Morgan fingerprint density at radius 1 is 1.00 bits per heavy atom. The average molecular weight is 273 g/mol. The zero-order valence-corrected chi connectivity index (χ0v) is 10.8. The van der Waals surface area contributed by atoms with E-state index in [-0.39, 0.29) is 0 Å². The summed E-state index contributed by atoms with van der Waals surface area (Å²) < 4.78 is 11.2. The van der Waals surface area contributed by atoms with Gasteiger partial charge in [-0.2, -0.15) is 0 Å². The van der Waals surface area contributed by atoms with E-state index < -0.39 is 0 Å². The highest BCUT2D eigenvalue weighted by Gasteiger charge is 2.10. The van der Waals surface area contributed by atoms with Gasteiger partial charge in [0.2, 0.25) is 0 Å². The lowest BCUT2D eigenvalue weighted by Crippen LogP contribution is -2.09. The van der Waals surface area contributed by atoms with Crippen LogP contribution in [0, 0.1) is 0 Å². The number of anilines is 3. The molecule has 20 heavy (non-hydrogen) atoms. The number of nitrogen functional groups attached to an aromatic ring is 1. The van der Waals surface area contributed by atoms with E-state index in [0.717, 1.165) is 23.6 Å². The smallest absolute Gasteiger partial charge is 0.163 e. The Labute approximate surface area is 116 Å². The molecular weight excluding hydrogens is 258 g/mol. The van der Waals surface area contributed by atoms with Crippen LogP contribution in [0.3, 0.4) is 0 Å². The average Bonchev–Trinajstić information content (AvgIpc) is 2.72. The predicted molar refractivity (Wildman–Crippen MR) is 75.2 cm³/mol. The molecule has 0 bridgehead atoms. The van der Waals surface area contributed by atoms with Crippen LogP contribution in [0.25, 0.3) is 0 Å². The topological polar surface area (TPSA) is 94.3 Å². The Morgan fingerprint density at radius 3 is 2.65 bits per heavy atom. The summed E-state index contributed by atoms with van der Waals surface area (Å²) in [6.45, 7) is 1.34. The highest BCUT2D eigenvalue weighted by Crippen LogP contribution is 2.33. The molecule has 1 aromatic heterocycles. The zero-order valence-electron chi connectivity index (χ0n) is 10.8. The molecule has 0 aliphatic carbocycles. The fourth-order valence-corrected chi connectivity index (χ4v) is 1.89. The first-order chi connectivity index (χ1) is 9.85. The third kappa shape index (κ3) is 2.72. The largest absolute Gasteiger partial charge is 0.490 e. The van der Waals surface area contributed by atoms with Crippen molar-refractivity contribution in [2.45, 2.75) is 6.42 Å². The molecule has 0 amide bonds. The summed E-state index contributed by atoms with van der Waals surface area (Å²) >= 11 is 0. The van der Waals surface area contributed by atoms with Crippen LogP contribution in [-0.4, -0.2) is 23.2 Å². The minimum absolute atomic E-state index is 0.539. The maximum absolute atomic E-state index is 5.64. The number of hydrazine groups is 1. The minimum Gasteiger partial charge on any atom is -0.490 e. The van der Waals surface area contributed by atoms with Crippen molar-refractivity contribution in [1.29, 1.82) is 0 Å². The van der Waals surface area contributed by atoms with Crippen LogP contribution in [0.2, 0.25) is 0 Å². The first-order valence-corrected chi connectivity index (χ1v) is 6.30. The number of ether oxygens (including phenoxy) is 2. The summed E-state index contributed by atoms with van der Waals surface area (Å²) in [6.07, 6.45) is 2.31. The molecule has 1 aliphatic heterocycles. The summed E-state index contributed by atoms with van der Waals surface area (Å²) in [7, 11) is 0. The number of fused-ring (bicyclic) bond motifs is 1. The van der Waals surface area contributed by atoms with Gasteiger partial charge in [-0.3, -0.25) is 0 Å². The molecule has 3 rings (SSSR count). The molecule has 1 aliphatic rings. The lowest BCUT2D eigenvalue weighted by atomic mass is 10.2. The first-order valence-electron chi connectivity index (χ1n) is 6.30. The highest BCUT2D eigenvalue weighted by molar-refractivity contribution is 5.62. The Kier molecular flexibility index (Phi) is 3.51. The van der Waals surface area contributed by atoms with Crippen LogP contribution in [0.4, 0.5) is 17.3 Å². The Balaban J connectivity index is 1.82. The second kappa shape index (κ2) is 5.62. The van der Waals surface area contributed by atoms with Crippen molar-refractivity contribution in [3.63, 3.8) is 0 Å². The van der Waals surface area contributed by atoms with Gasteiger partial charge in [0.25, 0.3) is 0 Å². The first kappa shape index (κ1) is 12.5. The van der Waals surface area contributed by atoms with Crippen LogP contribution in [0.5, 0.6) is 11.5 Å². The quantitative estimate of drug-likeness (QED) is 0.578. The molecule has 4 N–H and O–H groups in total. The van der Waals surface area contributed by atoms with Gasteiger partial charge in [-0.1, -0.05) is 0 Å². The molecule has 0 unspecified atom stereocenters. The van der Waals surface area contributed by atoms with E-state index in [9.17, 15) is 0 Å². The number of nitrogens with two attached hydrogens (primary N) is 1. The van der Waals surface area contributed by atoms with Gasteiger partial charge in [0, 0.05) is 24.2 Å². The summed E-state index contributed by atoms with van der Waals surface area (Å²) in [6, 6.07) is 7.39. The molecule has 0 saturated carbocycles. The Morgan fingerprint density at radius 2 is 1.80 bits per heavy atom. The van der Waals surface area contributed by atoms with Gasteiger partial charge < -0.3 is 20.2 Å². The summed E-state index contributed by atoms with van der Waals surface area (Å²) in [4.78, 5) is 8.07. The van der Waals surface area contributed by atoms with Crippen molar-refractivity contribution in [3.05, 3.63) is 30.6 Å². The molecule has 0 fully saturated rings. The Hall–Kier alpha value is -2.54. The summed E-state index contributed by atoms with van der Waals surface area (Å²) in [5, 5.41) is 3.17. The van der Waals surface area contributed by atoms with E-state index in [1.165, 1.54) is 6.33 Å². The van der Waals surface area contributed by atoms with Gasteiger partial charge in [0.15, 0.2) is 11.5 Å². The molecule has 0 spiro atoms. The summed E-state index contributed by atoms with van der Waals surface area (Å²) in [5.41, 5.74) is 3.33.